The summed E-state index contributed by atoms with van der Waals surface area (Å²) in [5.41, 5.74) is 4.90. The molecule has 0 unspecified atom stereocenters. The number of amides is 3. The summed E-state index contributed by atoms with van der Waals surface area (Å²) in [5.74, 6) is -0.251. The molecular weight excluding hydrogens is 311 g/mol. The molecule has 0 bridgehead atoms. The van der Waals surface area contributed by atoms with E-state index >= 15 is 0 Å². The first-order chi connectivity index (χ1) is 10.8. The summed E-state index contributed by atoms with van der Waals surface area (Å²) in [6.45, 7) is 0.860. The van der Waals surface area contributed by atoms with Gasteiger partial charge in [-0.05, 0) is 24.5 Å². The maximum absolute atomic E-state index is 12.6. The van der Waals surface area contributed by atoms with Crippen molar-refractivity contribution in [3.8, 4) is 0 Å². The second-order valence-corrected chi connectivity index (χ2v) is 5.54. The van der Waals surface area contributed by atoms with Gasteiger partial charge in [0.15, 0.2) is 0 Å². The number of rotatable bonds is 4. The van der Waals surface area contributed by atoms with Gasteiger partial charge in [-0.2, -0.15) is 13.2 Å². The quantitative estimate of drug-likeness (QED) is 0.885. The molecule has 0 aromatic heterocycles. The van der Waals surface area contributed by atoms with Gasteiger partial charge >= 0.3 is 12.2 Å². The fraction of sp³-hybridized carbons (Fsp3) is 0.467. The molecule has 0 spiro atoms. The van der Waals surface area contributed by atoms with Crippen molar-refractivity contribution in [2.45, 2.75) is 31.5 Å². The van der Waals surface area contributed by atoms with Crippen LogP contribution in [0.3, 0.4) is 0 Å². The lowest BCUT2D eigenvalue weighted by molar-refractivity contribution is -0.137. The number of nitrogens with zero attached hydrogens (tertiary/aromatic N) is 1. The summed E-state index contributed by atoms with van der Waals surface area (Å²) in [6.07, 6.45) is -3.45. The zero-order chi connectivity index (χ0) is 17.0. The summed E-state index contributed by atoms with van der Waals surface area (Å²) in [6, 6.07) is 4.27. The maximum atomic E-state index is 12.6. The largest absolute Gasteiger partial charge is 0.416 e. The van der Waals surface area contributed by atoms with E-state index in [9.17, 15) is 22.8 Å². The molecule has 1 atom stereocenters. The number of nitrogens with one attached hydrogen (secondary N) is 1. The fourth-order valence-corrected chi connectivity index (χ4v) is 2.54. The molecule has 1 aromatic rings. The molecule has 23 heavy (non-hydrogen) atoms. The van der Waals surface area contributed by atoms with Crippen LogP contribution < -0.4 is 11.1 Å². The Balaban J connectivity index is 1.82. The van der Waals surface area contributed by atoms with Crippen LogP contribution in [0.25, 0.3) is 0 Å². The number of carbonyl (C=O) groups is 2. The normalized spacial score (nSPS) is 18.0. The molecule has 5 nitrogen and oxygen atoms in total. The summed E-state index contributed by atoms with van der Waals surface area (Å²) >= 11 is 0. The van der Waals surface area contributed by atoms with Crippen molar-refractivity contribution in [3.05, 3.63) is 35.4 Å². The Morgan fingerprint density at radius 3 is 2.70 bits per heavy atom. The molecule has 3 N–H and O–H groups in total. The van der Waals surface area contributed by atoms with Crippen LogP contribution in [0.1, 0.15) is 24.0 Å². The molecule has 0 aliphatic carbocycles. The first-order valence-electron chi connectivity index (χ1n) is 7.25. The standard InChI is InChI=1S/C15H18F3N3O2/c16-15(17,18)11-3-1-2-10(8-11)4-5-13(22)20-12-6-7-21(9-12)14(19)23/h1-3,8,12H,4-7,9H2,(H2,19,23)(H,20,22)/t12-/m1/s1. The number of hydrogen-bond acceptors (Lipinski definition) is 2. The van der Waals surface area contributed by atoms with Gasteiger partial charge in [-0.25, -0.2) is 4.79 Å². The SMILES string of the molecule is NC(=O)N1CC[C@@H](NC(=O)CCc2cccc(C(F)(F)F)c2)C1. The van der Waals surface area contributed by atoms with Crippen LogP contribution in [-0.2, 0) is 17.4 Å². The molecular formula is C15H18F3N3O2. The van der Waals surface area contributed by atoms with E-state index in [0.29, 0.717) is 25.1 Å². The van der Waals surface area contributed by atoms with Crippen LogP contribution in [0.5, 0.6) is 0 Å². The molecule has 8 heteroatoms. The van der Waals surface area contributed by atoms with Crippen molar-refractivity contribution < 1.29 is 22.8 Å². The Bertz CT molecular complexity index is 590. The predicted molar refractivity (Wildman–Crippen MR) is 77.5 cm³/mol. The lowest BCUT2D eigenvalue weighted by Gasteiger charge is -2.14. The molecule has 2 rings (SSSR count). The van der Waals surface area contributed by atoms with Gasteiger partial charge < -0.3 is 16.0 Å². The second kappa shape index (κ2) is 6.89. The number of aryl methyl sites for hydroxylation is 1. The number of nitrogens with two attached hydrogens (primary N) is 1. The summed E-state index contributed by atoms with van der Waals surface area (Å²) < 4.78 is 37.9. The Hall–Kier alpha value is -2.25. The minimum absolute atomic E-state index is 0.0916. The number of hydrogen-bond donors (Lipinski definition) is 2. The first kappa shape index (κ1) is 17.1. The van der Waals surface area contributed by atoms with Crippen molar-refractivity contribution in [1.82, 2.24) is 10.2 Å². The highest BCUT2D eigenvalue weighted by molar-refractivity contribution is 5.77. The zero-order valence-corrected chi connectivity index (χ0v) is 12.4. The Labute approximate surface area is 131 Å². The molecule has 0 radical (unpaired) electrons. The Morgan fingerprint density at radius 1 is 1.35 bits per heavy atom. The zero-order valence-electron chi connectivity index (χ0n) is 12.4. The van der Waals surface area contributed by atoms with Crippen LogP contribution in [0.4, 0.5) is 18.0 Å². The van der Waals surface area contributed by atoms with Gasteiger partial charge in [0.2, 0.25) is 5.91 Å². The third-order valence-electron chi connectivity index (χ3n) is 3.76. The van der Waals surface area contributed by atoms with Crippen LogP contribution >= 0.6 is 0 Å². The lowest BCUT2D eigenvalue weighted by Crippen LogP contribution is -2.40. The van der Waals surface area contributed by atoms with E-state index in [1.54, 1.807) is 6.07 Å². The van der Waals surface area contributed by atoms with E-state index in [0.717, 1.165) is 12.1 Å². The highest BCUT2D eigenvalue weighted by atomic mass is 19.4. The van der Waals surface area contributed by atoms with Gasteiger partial charge in [-0.15, -0.1) is 0 Å². The van der Waals surface area contributed by atoms with Crippen molar-refractivity contribution >= 4 is 11.9 Å². The van der Waals surface area contributed by atoms with Crippen molar-refractivity contribution in [2.24, 2.45) is 5.73 Å². The first-order valence-corrected chi connectivity index (χ1v) is 7.25. The third-order valence-corrected chi connectivity index (χ3v) is 3.76. The summed E-state index contributed by atoms with van der Waals surface area (Å²) in [4.78, 5) is 24.3. The smallest absolute Gasteiger partial charge is 0.352 e. The molecule has 3 amide bonds. The highest BCUT2D eigenvalue weighted by Gasteiger charge is 2.30. The van der Waals surface area contributed by atoms with Gasteiger partial charge in [0, 0.05) is 25.6 Å². The van der Waals surface area contributed by atoms with E-state index in [2.05, 4.69) is 5.32 Å². The number of alkyl halides is 3. The van der Waals surface area contributed by atoms with E-state index < -0.39 is 17.8 Å². The number of benzene rings is 1. The van der Waals surface area contributed by atoms with Crippen LogP contribution in [0.2, 0.25) is 0 Å². The number of urea groups is 1. The van der Waals surface area contributed by atoms with Gasteiger partial charge in [-0.1, -0.05) is 18.2 Å². The average Bonchev–Trinajstić information content (AvgIpc) is 2.93. The van der Waals surface area contributed by atoms with Crippen LogP contribution in [0.15, 0.2) is 24.3 Å². The molecule has 1 heterocycles. The third kappa shape index (κ3) is 4.87. The van der Waals surface area contributed by atoms with E-state index in [4.69, 9.17) is 5.73 Å². The van der Waals surface area contributed by atoms with Crippen LogP contribution in [-0.4, -0.2) is 36.0 Å². The molecule has 0 saturated carbocycles. The minimum Gasteiger partial charge on any atom is -0.352 e. The maximum Gasteiger partial charge on any atom is 0.416 e. The number of likely N-dealkylation sites (tertiary alicyclic amines) is 1. The number of carbonyl (C=O) groups excluding carboxylic acids is 2. The summed E-state index contributed by atoms with van der Waals surface area (Å²) in [7, 11) is 0. The van der Waals surface area contributed by atoms with Gasteiger partial charge in [0.25, 0.3) is 0 Å². The van der Waals surface area contributed by atoms with Crippen LogP contribution in [0, 0.1) is 0 Å². The van der Waals surface area contributed by atoms with Gasteiger partial charge in [0.05, 0.1) is 5.56 Å². The number of halogens is 3. The van der Waals surface area contributed by atoms with E-state index in [-0.39, 0.29) is 24.8 Å². The molecule has 1 saturated heterocycles. The Kier molecular flexibility index (Phi) is 5.12. The van der Waals surface area contributed by atoms with Crippen molar-refractivity contribution in [2.75, 3.05) is 13.1 Å². The van der Waals surface area contributed by atoms with E-state index in [1.807, 2.05) is 0 Å². The monoisotopic (exact) mass is 329 g/mol. The summed E-state index contributed by atoms with van der Waals surface area (Å²) in [5, 5.41) is 2.77. The molecule has 1 fully saturated rings. The molecule has 126 valence electrons. The lowest BCUT2D eigenvalue weighted by atomic mass is 10.1. The second-order valence-electron chi connectivity index (χ2n) is 5.54. The minimum atomic E-state index is -4.39. The molecule has 1 aliphatic rings. The Morgan fingerprint density at radius 2 is 2.09 bits per heavy atom. The molecule has 1 aromatic carbocycles. The molecule has 1 aliphatic heterocycles. The predicted octanol–water partition coefficient (Wildman–Crippen LogP) is 1.91. The van der Waals surface area contributed by atoms with E-state index in [1.165, 1.54) is 11.0 Å². The van der Waals surface area contributed by atoms with Gasteiger partial charge in [-0.3, -0.25) is 4.79 Å². The van der Waals surface area contributed by atoms with Gasteiger partial charge in [0.1, 0.15) is 0 Å². The van der Waals surface area contributed by atoms with Crippen molar-refractivity contribution in [1.29, 1.82) is 0 Å². The fourth-order valence-electron chi connectivity index (χ4n) is 2.54. The van der Waals surface area contributed by atoms with Crippen molar-refractivity contribution in [3.63, 3.8) is 0 Å². The number of primary amides is 1. The topological polar surface area (TPSA) is 75.4 Å². The highest BCUT2D eigenvalue weighted by Crippen LogP contribution is 2.29. The average molecular weight is 329 g/mol.